The summed E-state index contributed by atoms with van der Waals surface area (Å²) >= 11 is 0. The summed E-state index contributed by atoms with van der Waals surface area (Å²) in [6.45, 7) is 8.37. The van der Waals surface area contributed by atoms with E-state index >= 15 is 0 Å². The zero-order chi connectivity index (χ0) is 24.3. The second-order valence-electron chi connectivity index (χ2n) is 9.12. The third kappa shape index (κ3) is 2.52. The summed E-state index contributed by atoms with van der Waals surface area (Å²) < 4.78 is 2.40. The molecule has 2 aromatic heterocycles. The van der Waals surface area contributed by atoms with Gasteiger partial charge in [-0.05, 0) is 51.7 Å². The average Bonchev–Trinajstić information content (AvgIpc) is 3.33. The van der Waals surface area contributed by atoms with E-state index in [9.17, 15) is 0 Å². The number of imidazole rings is 1. The van der Waals surface area contributed by atoms with Gasteiger partial charge in [0.15, 0.2) is 0 Å². The number of benzene rings is 4. The van der Waals surface area contributed by atoms with Crippen LogP contribution in [0.15, 0.2) is 134 Å². The highest BCUT2D eigenvalue weighted by Crippen LogP contribution is 2.54. The molecule has 170 valence electrons. The zero-order valence-corrected chi connectivity index (χ0v) is 19.7. The fourth-order valence-electron chi connectivity index (χ4n) is 6.08. The van der Waals surface area contributed by atoms with E-state index in [0.29, 0.717) is 0 Å². The number of para-hydroxylation sites is 2. The van der Waals surface area contributed by atoms with Crippen LogP contribution in [-0.4, -0.2) is 14.5 Å². The van der Waals surface area contributed by atoms with Gasteiger partial charge >= 0.3 is 0 Å². The quantitative estimate of drug-likeness (QED) is 0.251. The molecule has 3 heteroatoms. The van der Waals surface area contributed by atoms with E-state index in [-0.39, 0.29) is 0 Å². The average molecular weight is 462 g/mol. The van der Waals surface area contributed by atoms with Crippen LogP contribution in [0.2, 0.25) is 0 Å². The Labute approximate surface area is 209 Å². The lowest BCUT2D eigenvalue weighted by Crippen LogP contribution is -2.40. The highest BCUT2D eigenvalue weighted by atomic mass is 15.2. The molecule has 7 rings (SSSR count). The molecule has 3 nitrogen and oxygen atoms in total. The van der Waals surface area contributed by atoms with Crippen LogP contribution in [0.25, 0.3) is 44.1 Å². The smallest absolute Gasteiger partial charge is 0.143 e. The third-order valence-electron chi connectivity index (χ3n) is 7.40. The van der Waals surface area contributed by atoms with Gasteiger partial charge in [0, 0.05) is 17.1 Å². The van der Waals surface area contributed by atoms with E-state index in [0.717, 1.165) is 44.5 Å². The molecule has 3 heterocycles. The number of rotatable bonds is 4. The van der Waals surface area contributed by atoms with Gasteiger partial charge in [0.1, 0.15) is 11.4 Å². The number of fused-ring (bicyclic) bond motifs is 5. The van der Waals surface area contributed by atoms with Gasteiger partial charge in [-0.15, -0.1) is 0 Å². The van der Waals surface area contributed by atoms with Gasteiger partial charge in [-0.3, -0.25) is 4.98 Å². The summed E-state index contributed by atoms with van der Waals surface area (Å²) in [5.41, 5.74) is 6.73. The van der Waals surface area contributed by atoms with Crippen molar-refractivity contribution in [1.82, 2.24) is 14.5 Å². The monoisotopic (exact) mass is 461 g/mol. The Morgan fingerprint density at radius 2 is 1.56 bits per heavy atom. The van der Waals surface area contributed by atoms with Crippen LogP contribution in [0.5, 0.6) is 0 Å². The molecule has 0 amide bonds. The van der Waals surface area contributed by atoms with Gasteiger partial charge in [0.25, 0.3) is 0 Å². The lowest BCUT2D eigenvalue weighted by atomic mass is 9.70. The first kappa shape index (κ1) is 20.6. The molecule has 0 aliphatic carbocycles. The highest BCUT2D eigenvalue weighted by molar-refractivity contribution is 6.04. The molecule has 0 saturated carbocycles. The van der Waals surface area contributed by atoms with Crippen molar-refractivity contribution in [2.45, 2.75) is 5.54 Å². The first-order valence-electron chi connectivity index (χ1n) is 12.1. The molecule has 0 fully saturated rings. The van der Waals surface area contributed by atoms with Gasteiger partial charge in [0.2, 0.25) is 0 Å². The third-order valence-corrected chi connectivity index (χ3v) is 7.40. The predicted octanol–water partition coefficient (Wildman–Crippen LogP) is 7.81. The topological polar surface area (TPSA) is 30.7 Å². The van der Waals surface area contributed by atoms with Crippen LogP contribution >= 0.6 is 0 Å². The Balaban J connectivity index is 1.83. The van der Waals surface area contributed by atoms with Crippen molar-refractivity contribution in [3.63, 3.8) is 0 Å². The number of allylic oxidation sites excluding steroid dienone is 4. The fraction of sp³-hybridized carbons (Fsp3) is 0.0303. The standard InChI is InChI=1S/C33H23N3/c1-3-11-23(4-2)33(26-16-9-19-28-24(26)15-10-21-34-28)27-17-8-13-22-12-7-14-25(31(22)27)32-35-29-18-5-6-20-30(29)36(32)33/h3-21H,1-2H2/b23-11+. The van der Waals surface area contributed by atoms with Gasteiger partial charge in [-0.25, -0.2) is 4.98 Å². The summed E-state index contributed by atoms with van der Waals surface area (Å²) in [5, 5.41) is 3.49. The predicted molar refractivity (Wildman–Crippen MR) is 149 cm³/mol. The van der Waals surface area contributed by atoms with E-state index in [2.05, 4.69) is 103 Å². The summed E-state index contributed by atoms with van der Waals surface area (Å²) in [7, 11) is 0. The number of hydrogen-bond donors (Lipinski definition) is 0. The molecule has 6 aromatic rings. The van der Waals surface area contributed by atoms with Crippen molar-refractivity contribution in [2.75, 3.05) is 0 Å². The van der Waals surface area contributed by atoms with Crippen molar-refractivity contribution >= 4 is 32.7 Å². The first-order chi connectivity index (χ1) is 17.8. The minimum Gasteiger partial charge on any atom is -0.305 e. The Morgan fingerprint density at radius 1 is 0.778 bits per heavy atom. The van der Waals surface area contributed by atoms with E-state index in [1.807, 2.05) is 30.5 Å². The summed E-state index contributed by atoms with van der Waals surface area (Å²) in [4.78, 5) is 9.92. The Morgan fingerprint density at radius 3 is 2.42 bits per heavy atom. The Hall–Kier alpha value is -4.76. The molecule has 1 aliphatic rings. The largest absolute Gasteiger partial charge is 0.305 e. The molecule has 4 aromatic carbocycles. The summed E-state index contributed by atoms with van der Waals surface area (Å²) in [5.74, 6) is 0.943. The second kappa shape index (κ2) is 7.62. The van der Waals surface area contributed by atoms with E-state index in [1.165, 1.54) is 16.3 Å². The lowest BCUT2D eigenvalue weighted by molar-refractivity contribution is 0.538. The number of nitrogens with zero attached hydrogens (tertiary/aromatic N) is 3. The van der Waals surface area contributed by atoms with E-state index in [4.69, 9.17) is 9.97 Å². The molecule has 0 N–H and O–H groups in total. The van der Waals surface area contributed by atoms with Crippen LogP contribution in [0, 0.1) is 0 Å². The Kier molecular flexibility index (Phi) is 4.36. The molecule has 1 unspecified atom stereocenters. The van der Waals surface area contributed by atoms with Gasteiger partial charge in [-0.1, -0.05) is 98.1 Å². The molecule has 0 spiro atoms. The maximum Gasteiger partial charge on any atom is 0.143 e. The second-order valence-corrected chi connectivity index (χ2v) is 9.12. The normalized spacial score (nSPS) is 16.8. The van der Waals surface area contributed by atoms with Crippen LogP contribution < -0.4 is 0 Å². The van der Waals surface area contributed by atoms with Crippen LogP contribution in [0.1, 0.15) is 11.1 Å². The maximum atomic E-state index is 5.21. The van der Waals surface area contributed by atoms with Gasteiger partial charge in [-0.2, -0.15) is 0 Å². The maximum absolute atomic E-state index is 5.21. The number of pyridine rings is 1. The number of aromatic nitrogens is 3. The van der Waals surface area contributed by atoms with Crippen molar-refractivity contribution in [2.24, 2.45) is 0 Å². The molecule has 1 atom stereocenters. The van der Waals surface area contributed by atoms with Crippen LogP contribution in [-0.2, 0) is 5.54 Å². The summed E-state index contributed by atoms with van der Waals surface area (Å²) in [6, 6.07) is 32.0. The lowest BCUT2D eigenvalue weighted by Gasteiger charge is -2.43. The number of hydrogen-bond acceptors (Lipinski definition) is 2. The van der Waals surface area contributed by atoms with E-state index in [1.54, 1.807) is 0 Å². The molecule has 0 bridgehead atoms. The highest BCUT2D eigenvalue weighted by Gasteiger charge is 2.46. The van der Waals surface area contributed by atoms with Crippen molar-refractivity contribution < 1.29 is 0 Å². The van der Waals surface area contributed by atoms with Crippen molar-refractivity contribution in [3.8, 4) is 11.4 Å². The van der Waals surface area contributed by atoms with Crippen LogP contribution in [0.3, 0.4) is 0 Å². The molecular weight excluding hydrogens is 438 g/mol. The van der Waals surface area contributed by atoms with Gasteiger partial charge in [0.05, 0.1) is 16.6 Å². The van der Waals surface area contributed by atoms with E-state index < -0.39 is 5.54 Å². The van der Waals surface area contributed by atoms with Crippen LogP contribution in [0.4, 0.5) is 0 Å². The molecule has 36 heavy (non-hydrogen) atoms. The molecular formula is C33H23N3. The molecule has 1 aliphatic heterocycles. The van der Waals surface area contributed by atoms with Crippen molar-refractivity contribution in [1.29, 1.82) is 0 Å². The molecule has 0 saturated heterocycles. The Bertz CT molecular complexity index is 1880. The van der Waals surface area contributed by atoms with Crippen molar-refractivity contribution in [3.05, 3.63) is 145 Å². The first-order valence-corrected chi connectivity index (χ1v) is 12.1. The minimum atomic E-state index is -0.738. The SMILES string of the molecule is C=C/C=C(\C=C)C1(c2cccc3ncccc23)c2cccc3cccc(c23)-c2nc3ccccc3n21. The minimum absolute atomic E-state index is 0.738. The summed E-state index contributed by atoms with van der Waals surface area (Å²) in [6.07, 6.45) is 7.74. The fourth-order valence-corrected chi connectivity index (χ4v) is 6.08. The molecule has 0 radical (unpaired) electrons. The zero-order valence-electron chi connectivity index (χ0n) is 19.7. The van der Waals surface area contributed by atoms with Gasteiger partial charge < -0.3 is 4.57 Å².